The third-order valence-corrected chi connectivity index (χ3v) is 3.57. The van der Waals surface area contributed by atoms with Crippen molar-refractivity contribution in [2.24, 2.45) is 0 Å². The van der Waals surface area contributed by atoms with Gasteiger partial charge in [-0.3, -0.25) is 10.1 Å². The third-order valence-electron chi connectivity index (χ3n) is 3.57. The van der Waals surface area contributed by atoms with Crippen LogP contribution in [-0.4, -0.2) is 17.7 Å². The van der Waals surface area contributed by atoms with Crippen LogP contribution in [0.5, 0.6) is 5.75 Å². The normalized spacial score (nSPS) is 13.6. The number of carbonyl (C=O) groups excluding carboxylic acids is 1. The second-order valence-electron chi connectivity index (χ2n) is 5.30. The molecule has 1 aliphatic carbocycles. The molecule has 0 atom stereocenters. The SMILES string of the molecule is Cc1cccc(OCC(=O)Nc2onc3c2CCCC3)c1. The lowest BCUT2D eigenvalue weighted by molar-refractivity contribution is -0.118. The van der Waals surface area contributed by atoms with Gasteiger partial charge in [0.15, 0.2) is 6.61 Å². The van der Waals surface area contributed by atoms with Crippen LogP contribution < -0.4 is 10.1 Å². The molecule has 0 saturated carbocycles. The number of nitrogens with zero attached hydrogens (tertiary/aromatic N) is 1. The summed E-state index contributed by atoms with van der Waals surface area (Å²) in [5.41, 5.74) is 3.10. The van der Waals surface area contributed by atoms with Crippen molar-refractivity contribution in [3.63, 3.8) is 0 Å². The minimum Gasteiger partial charge on any atom is -0.484 e. The summed E-state index contributed by atoms with van der Waals surface area (Å²) < 4.78 is 10.7. The van der Waals surface area contributed by atoms with Crippen molar-refractivity contribution in [3.05, 3.63) is 41.1 Å². The van der Waals surface area contributed by atoms with E-state index in [1.54, 1.807) is 0 Å². The Morgan fingerprint density at radius 1 is 1.38 bits per heavy atom. The van der Waals surface area contributed by atoms with Crippen molar-refractivity contribution in [1.29, 1.82) is 0 Å². The lowest BCUT2D eigenvalue weighted by atomic mass is 9.98. The Bertz CT molecular complexity index is 649. The van der Waals surface area contributed by atoms with Crippen LogP contribution in [0, 0.1) is 6.92 Å². The van der Waals surface area contributed by atoms with E-state index in [2.05, 4.69) is 10.5 Å². The van der Waals surface area contributed by atoms with Gasteiger partial charge in [-0.2, -0.15) is 0 Å². The number of benzene rings is 1. The Balaban J connectivity index is 1.58. The number of hydrogen-bond acceptors (Lipinski definition) is 4. The number of rotatable bonds is 4. The molecule has 3 rings (SSSR count). The van der Waals surface area contributed by atoms with Gasteiger partial charge >= 0.3 is 0 Å². The second-order valence-corrected chi connectivity index (χ2v) is 5.30. The fourth-order valence-corrected chi connectivity index (χ4v) is 2.51. The Morgan fingerprint density at radius 3 is 3.10 bits per heavy atom. The van der Waals surface area contributed by atoms with Gasteiger partial charge in [-0.05, 0) is 50.3 Å². The highest BCUT2D eigenvalue weighted by Gasteiger charge is 2.20. The molecule has 1 aromatic heterocycles. The van der Waals surface area contributed by atoms with Crippen LogP contribution >= 0.6 is 0 Å². The quantitative estimate of drug-likeness (QED) is 0.938. The molecule has 1 heterocycles. The van der Waals surface area contributed by atoms with Gasteiger partial charge in [0.2, 0.25) is 5.88 Å². The van der Waals surface area contributed by atoms with E-state index >= 15 is 0 Å². The molecule has 0 fully saturated rings. The van der Waals surface area contributed by atoms with E-state index in [1.165, 1.54) is 0 Å². The number of amides is 1. The van der Waals surface area contributed by atoms with Gasteiger partial charge in [-0.1, -0.05) is 17.3 Å². The molecule has 21 heavy (non-hydrogen) atoms. The van der Waals surface area contributed by atoms with Crippen LogP contribution in [0.15, 0.2) is 28.8 Å². The Kier molecular flexibility index (Phi) is 3.90. The smallest absolute Gasteiger partial charge is 0.264 e. The number of anilines is 1. The highest BCUT2D eigenvalue weighted by atomic mass is 16.5. The second kappa shape index (κ2) is 5.99. The Hall–Kier alpha value is -2.30. The molecule has 0 unspecified atom stereocenters. The number of aryl methyl sites for hydroxylation is 2. The predicted molar refractivity (Wildman–Crippen MR) is 78.4 cm³/mol. The van der Waals surface area contributed by atoms with Crippen molar-refractivity contribution >= 4 is 11.8 Å². The molecule has 0 saturated heterocycles. The van der Waals surface area contributed by atoms with Gasteiger partial charge in [0, 0.05) is 5.56 Å². The summed E-state index contributed by atoms with van der Waals surface area (Å²) in [6.45, 7) is 1.94. The minimum absolute atomic E-state index is 0.0427. The summed E-state index contributed by atoms with van der Waals surface area (Å²) in [5, 5.41) is 6.75. The first-order valence-electron chi connectivity index (χ1n) is 7.19. The van der Waals surface area contributed by atoms with E-state index in [0.29, 0.717) is 11.6 Å². The molecule has 0 radical (unpaired) electrons. The highest BCUT2D eigenvalue weighted by molar-refractivity contribution is 5.91. The number of nitrogens with one attached hydrogen (secondary N) is 1. The summed E-state index contributed by atoms with van der Waals surface area (Å²) in [5.74, 6) is 0.924. The Morgan fingerprint density at radius 2 is 2.24 bits per heavy atom. The monoisotopic (exact) mass is 286 g/mol. The third kappa shape index (κ3) is 3.24. The van der Waals surface area contributed by atoms with Crippen molar-refractivity contribution < 1.29 is 14.1 Å². The van der Waals surface area contributed by atoms with Gasteiger partial charge in [-0.25, -0.2) is 0 Å². The van der Waals surface area contributed by atoms with E-state index in [-0.39, 0.29) is 12.5 Å². The fourth-order valence-electron chi connectivity index (χ4n) is 2.51. The van der Waals surface area contributed by atoms with Gasteiger partial charge in [0.05, 0.1) is 5.69 Å². The number of fused-ring (bicyclic) bond motifs is 1. The van der Waals surface area contributed by atoms with Crippen LogP contribution in [0.2, 0.25) is 0 Å². The van der Waals surface area contributed by atoms with Gasteiger partial charge in [-0.15, -0.1) is 0 Å². The molecule has 110 valence electrons. The first-order valence-corrected chi connectivity index (χ1v) is 7.19. The zero-order valence-corrected chi connectivity index (χ0v) is 12.0. The number of aromatic nitrogens is 1. The van der Waals surface area contributed by atoms with Crippen molar-refractivity contribution in [3.8, 4) is 5.75 Å². The molecule has 1 aromatic carbocycles. The zero-order chi connectivity index (χ0) is 14.7. The first kappa shape index (κ1) is 13.7. The fraction of sp³-hybridized carbons (Fsp3) is 0.375. The predicted octanol–water partition coefficient (Wildman–Crippen LogP) is 2.88. The van der Waals surface area contributed by atoms with Gasteiger partial charge in [0.1, 0.15) is 5.75 Å². The topological polar surface area (TPSA) is 64.4 Å². The standard InChI is InChI=1S/C16H18N2O3/c1-11-5-4-6-12(9-11)20-10-15(19)17-16-13-7-2-3-8-14(13)18-21-16/h4-6,9H,2-3,7-8,10H2,1H3,(H,17,19). The molecule has 2 aromatic rings. The molecule has 1 N–H and O–H groups in total. The van der Waals surface area contributed by atoms with E-state index in [9.17, 15) is 4.79 Å². The van der Waals surface area contributed by atoms with E-state index in [1.807, 2.05) is 31.2 Å². The molecule has 0 bridgehead atoms. The van der Waals surface area contributed by atoms with Crippen molar-refractivity contribution in [2.75, 3.05) is 11.9 Å². The summed E-state index contributed by atoms with van der Waals surface area (Å²) in [6, 6.07) is 7.60. The number of carbonyl (C=O) groups is 1. The lowest BCUT2D eigenvalue weighted by Crippen LogP contribution is -2.20. The maximum Gasteiger partial charge on any atom is 0.264 e. The van der Waals surface area contributed by atoms with Crippen LogP contribution in [-0.2, 0) is 17.6 Å². The molecular formula is C16H18N2O3. The van der Waals surface area contributed by atoms with Crippen molar-refractivity contribution in [1.82, 2.24) is 5.16 Å². The molecule has 5 nitrogen and oxygen atoms in total. The molecule has 1 aliphatic rings. The maximum absolute atomic E-state index is 11.9. The number of hydrogen-bond donors (Lipinski definition) is 1. The summed E-state index contributed by atoms with van der Waals surface area (Å²) in [7, 11) is 0. The summed E-state index contributed by atoms with van der Waals surface area (Å²) in [4.78, 5) is 11.9. The van der Waals surface area contributed by atoms with Gasteiger partial charge in [0.25, 0.3) is 5.91 Å². The maximum atomic E-state index is 11.9. The van der Waals surface area contributed by atoms with Crippen molar-refractivity contribution in [2.45, 2.75) is 32.6 Å². The summed E-state index contributed by atoms with van der Waals surface area (Å²) in [6.07, 6.45) is 4.07. The average Bonchev–Trinajstić information content (AvgIpc) is 2.89. The molecular weight excluding hydrogens is 268 g/mol. The van der Waals surface area contributed by atoms with E-state index in [4.69, 9.17) is 9.26 Å². The molecule has 5 heteroatoms. The average molecular weight is 286 g/mol. The minimum atomic E-state index is -0.235. The lowest BCUT2D eigenvalue weighted by Gasteiger charge is -2.10. The molecule has 1 amide bonds. The Labute approximate surface area is 123 Å². The highest BCUT2D eigenvalue weighted by Crippen LogP contribution is 2.27. The first-order chi connectivity index (χ1) is 10.2. The van der Waals surface area contributed by atoms with Crippen LogP contribution in [0.1, 0.15) is 29.7 Å². The molecule has 0 aliphatic heterocycles. The van der Waals surface area contributed by atoms with E-state index in [0.717, 1.165) is 42.5 Å². The van der Waals surface area contributed by atoms with Crippen LogP contribution in [0.3, 0.4) is 0 Å². The molecule has 0 spiro atoms. The van der Waals surface area contributed by atoms with Crippen LogP contribution in [0.4, 0.5) is 5.88 Å². The van der Waals surface area contributed by atoms with E-state index < -0.39 is 0 Å². The van der Waals surface area contributed by atoms with Crippen LogP contribution in [0.25, 0.3) is 0 Å². The zero-order valence-electron chi connectivity index (χ0n) is 12.0. The van der Waals surface area contributed by atoms with Gasteiger partial charge < -0.3 is 9.26 Å². The number of ether oxygens (including phenoxy) is 1. The summed E-state index contributed by atoms with van der Waals surface area (Å²) >= 11 is 0. The largest absolute Gasteiger partial charge is 0.484 e.